The maximum Gasteiger partial charge on any atom is 0.258 e. The molecule has 0 saturated carbocycles. The Morgan fingerprint density at radius 2 is 1.67 bits per heavy atom. The number of furan rings is 1. The average molecular weight is 321 g/mol. The van der Waals surface area contributed by atoms with E-state index in [1.54, 1.807) is 42.7 Å². The quantitative estimate of drug-likeness (QED) is 0.757. The number of nitrogens with zero attached hydrogens (tertiary/aromatic N) is 1. The highest BCUT2D eigenvalue weighted by atomic mass is 16.3. The minimum Gasteiger partial charge on any atom is -0.472 e. The Kier molecular flexibility index (Phi) is 4.67. The van der Waals surface area contributed by atoms with Gasteiger partial charge in [-0.3, -0.25) is 14.6 Å². The summed E-state index contributed by atoms with van der Waals surface area (Å²) in [6, 6.07) is 11.9. The number of hydrogen-bond donors (Lipinski definition) is 2. The van der Waals surface area contributed by atoms with Crippen molar-refractivity contribution in [2.45, 2.75) is 6.54 Å². The highest BCUT2D eigenvalue weighted by molar-refractivity contribution is 6.04. The van der Waals surface area contributed by atoms with E-state index in [4.69, 9.17) is 4.42 Å². The molecule has 3 rings (SSSR count). The highest BCUT2D eigenvalue weighted by Gasteiger charge is 2.09. The van der Waals surface area contributed by atoms with Gasteiger partial charge in [0.15, 0.2) is 0 Å². The van der Waals surface area contributed by atoms with Crippen molar-refractivity contribution >= 4 is 17.5 Å². The van der Waals surface area contributed by atoms with E-state index >= 15 is 0 Å². The molecule has 1 aromatic carbocycles. The first-order chi connectivity index (χ1) is 11.7. The molecule has 6 heteroatoms. The molecule has 0 aliphatic heterocycles. The Morgan fingerprint density at radius 3 is 2.33 bits per heavy atom. The van der Waals surface area contributed by atoms with Gasteiger partial charge in [-0.1, -0.05) is 0 Å². The third-order valence-electron chi connectivity index (χ3n) is 3.39. The normalized spacial score (nSPS) is 10.2. The fraction of sp³-hybridized carbons (Fsp3) is 0.0556. The summed E-state index contributed by atoms with van der Waals surface area (Å²) in [5.74, 6) is -0.446. The van der Waals surface area contributed by atoms with Gasteiger partial charge in [0, 0.05) is 30.2 Å². The number of carbonyl (C=O) groups is 2. The topological polar surface area (TPSA) is 84.2 Å². The Bertz CT molecular complexity index is 812. The average Bonchev–Trinajstić information content (AvgIpc) is 3.16. The van der Waals surface area contributed by atoms with Gasteiger partial charge in [-0.15, -0.1) is 0 Å². The van der Waals surface area contributed by atoms with E-state index in [2.05, 4.69) is 15.6 Å². The third kappa shape index (κ3) is 3.86. The smallest absolute Gasteiger partial charge is 0.258 e. The van der Waals surface area contributed by atoms with Crippen LogP contribution >= 0.6 is 0 Å². The van der Waals surface area contributed by atoms with Gasteiger partial charge in [0.25, 0.3) is 11.8 Å². The molecule has 6 nitrogen and oxygen atoms in total. The van der Waals surface area contributed by atoms with Crippen LogP contribution in [0.25, 0.3) is 0 Å². The minimum atomic E-state index is -0.265. The lowest BCUT2D eigenvalue weighted by Gasteiger charge is -2.07. The second kappa shape index (κ2) is 7.23. The number of amides is 2. The number of rotatable bonds is 5. The molecule has 2 amide bonds. The van der Waals surface area contributed by atoms with Crippen LogP contribution in [0.4, 0.5) is 5.69 Å². The monoisotopic (exact) mass is 321 g/mol. The molecule has 0 unspecified atom stereocenters. The zero-order chi connectivity index (χ0) is 16.8. The number of anilines is 1. The number of pyridine rings is 1. The van der Waals surface area contributed by atoms with Gasteiger partial charge in [0.1, 0.15) is 6.26 Å². The Labute approximate surface area is 138 Å². The molecule has 120 valence electrons. The minimum absolute atomic E-state index is 0.181. The van der Waals surface area contributed by atoms with Crippen molar-refractivity contribution in [3.8, 4) is 0 Å². The summed E-state index contributed by atoms with van der Waals surface area (Å²) >= 11 is 0. The van der Waals surface area contributed by atoms with Crippen LogP contribution in [-0.4, -0.2) is 16.8 Å². The Hall–Kier alpha value is -3.41. The van der Waals surface area contributed by atoms with E-state index in [1.807, 2.05) is 12.1 Å². The molecule has 2 N–H and O–H groups in total. The van der Waals surface area contributed by atoms with Crippen LogP contribution in [0.5, 0.6) is 0 Å². The summed E-state index contributed by atoms with van der Waals surface area (Å²) in [5.41, 5.74) is 2.54. The van der Waals surface area contributed by atoms with E-state index in [0.717, 1.165) is 5.56 Å². The van der Waals surface area contributed by atoms with E-state index in [-0.39, 0.29) is 11.8 Å². The number of carbonyl (C=O) groups excluding carboxylic acids is 2. The first-order valence-electron chi connectivity index (χ1n) is 7.33. The molecular formula is C18H15N3O3. The van der Waals surface area contributed by atoms with Crippen molar-refractivity contribution in [3.05, 3.63) is 84.1 Å². The van der Waals surface area contributed by atoms with Crippen LogP contribution in [0.2, 0.25) is 0 Å². The van der Waals surface area contributed by atoms with Gasteiger partial charge in [0.05, 0.1) is 11.8 Å². The van der Waals surface area contributed by atoms with Crippen LogP contribution in [0.3, 0.4) is 0 Å². The van der Waals surface area contributed by atoms with Crippen LogP contribution in [0, 0.1) is 0 Å². The molecule has 0 bridgehead atoms. The predicted molar refractivity (Wildman–Crippen MR) is 88.5 cm³/mol. The highest BCUT2D eigenvalue weighted by Crippen LogP contribution is 2.12. The van der Waals surface area contributed by atoms with Crippen LogP contribution in [0.1, 0.15) is 26.3 Å². The largest absolute Gasteiger partial charge is 0.472 e. The van der Waals surface area contributed by atoms with Crippen LogP contribution < -0.4 is 10.6 Å². The zero-order valence-corrected chi connectivity index (χ0v) is 12.7. The SMILES string of the molecule is O=C(NCc1ccncc1)c1ccc(NC(=O)c2ccoc2)cc1. The maximum atomic E-state index is 12.1. The van der Waals surface area contributed by atoms with Crippen molar-refractivity contribution in [2.75, 3.05) is 5.32 Å². The summed E-state index contributed by atoms with van der Waals surface area (Å²) in [6.07, 6.45) is 6.17. The maximum absolute atomic E-state index is 12.1. The fourth-order valence-corrected chi connectivity index (χ4v) is 2.09. The molecule has 0 aliphatic rings. The summed E-state index contributed by atoms with van der Waals surface area (Å²) in [6.45, 7) is 0.431. The fourth-order valence-electron chi connectivity index (χ4n) is 2.09. The third-order valence-corrected chi connectivity index (χ3v) is 3.39. The Morgan fingerprint density at radius 1 is 0.917 bits per heavy atom. The van der Waals surface area contributed by atoms with Crippen molar-refractivity contribution in [1.82, 2.24) is 10.3 Å². The van der Waals surface area contributed by atoms with Gasteiger partial charge in [-0.25, -0.2) is 0 Å². The predicted octanol–water partition coefficient (Wildman–Crippen LogP) is 2.86. The lowest BCUT2D eigenvalue weighted by molar-refractivity contribution is 0.0950. The van der Waals surface area contributed by atoms with Crippen LogP contribution in [-0.2, 0) is 6.54 Å². The van der Waals surface area contributed by atoms with E-state index < -0.39 is 0 Å². The molecular weight excluding hydrogens is 306 g/mol. The summed E-state index contributed by atoms with van der Waals surface area (Å²) < 4.78 is 4.87. The summed E-state index contributed by atoms with van der Waals surface area (Å²) in [5, 5.41) is 5.56. The molecule has 0 radical (unpaired) electrons. The molecule has 2 heterocycles. The second-order valence-corrected chi connectivity index (χ2v) is 5.08. The molecule has 2 aromatic heterocycles. The number of benzene rings is 1. The van der Waals surface area contributed by atoms with Gasteiger partial charge >= 0.3 is 0 Å². The molecule has 0 saturated heterocycles. The molecule has 0 fully saturated rings. The molecule has 3 aromatic rings. The van der Waals surface area contributed by atoms with Gasteiger partial charge < -0.3 is 15.1 Å². The van der Waals surface area contributed by atoms with Gasteiger partial charge in [-0.05, 0) is 48.0 Å². The lowest BCUT2D eigenvalue weighted by atomic mass is 10.2. The standard InChI is InChI=1S/C18H15N3O3/c22-17(20-11-13-5-8-19-9-6-13)14-1-3-16(4-2-14)21-18(23)15-7-10-24-12-15/h1-10,12H,11H2,(H,20,22)(H,21,23). The molecule has 0 spiro atoms. The number of aromatic nitrogens is 1. The van der Waals surface area contributed by atoms with Gasteiger partial charge in [0.2, 0.25) is 0 Å². The number of nitrogens with one attached hydrogen (secondary N) is 2. The number of hydrogen-bond acceptors (Lipinski definition) is 4. The van der Waals surface area contributed by atoms with Crippen molar-refractivity contribution < 1.29 is 14.0 Å². The molecule has 0 atom stereocenters. The van der Waals surface area contributed by atoms with Crippen LogP contribution in [0.15, 0.2) is 71.8 Å². The van der Waals surface area contributed by atoms with E-state index in [1.165, 1.54) is 12.5 Å². The second-order valence-electron chi connectivity index (χ2n) is 5.08. The first-order valence-corrected chi connectivity index (χ1v) is 7.33. The lowest BCUT2D eigenvalue weighted by Crippen LogP contribution is -2.22. The first kappa shape index (κ1) is 15.5. The van der Waals surface area contributed by atoms with Crippen molar-refractivity contribution in [1.29, 1.82) is 0 Å². The summed E-state index contributed by atoms with van der Waals surface area (Å²) in [7, 11) is 0. The van der Waals surface area contributed by atoms with Crippen molar-refractivity contribution in [2.24, 2.45) is 0 Å². The zero-order valence-electron chi connectivity index (χ0n) is 12.7. The van der Waals surface area contributed by atoms with E-state index in [0.29, 0.717) is 23.4 Å². The molecule has 24 heavy (non-hydrogen) atoms. The molecule has 0 aliphatic carbocycles. The van der Waals surface area contributed by atoms with E-state index in [9.17, 15) is 9.59 Å². The summed E-state index contributed by atoms with van der Waals surface area (Å²) in [4.78, 5) is 27.9. The Balaban J connectivity index is 1.57. The van der Waals surface area contributed by atoms with Crippen molar-refractivity contribution in [3.63, 3.8) is 0 Å². The van der Waals surface area contributed by atoms with Gasteiger partial charge in [-0.2, -0.15) is 0 Å².